The highest BCUT2D eigenvalue weighted by Crippen LogP contribution is 2.46. The Morgan fingerprint density at radius 3 is 1.79 bits per heavy atom. The lowest BCUT2D eigenvalue weighted by atomic mass is 9.91. The Morgan fingerprint density at radius 2 is 0.968 bits per heavy atom. The standard InChI is InChI=1S/C57H33N5O/c1-3-16-34(17-4-1)54-40-22-9-12-26-44(40)58-57(60-54)62-45-27-13-10-23-41(45)53-46(62)32-30-38-39-31-33-47-55(52(39)37-21-8-7-20-36(37)51(38)53)59-56(61(47)35-18-5-2-6-19-35)43-25-15-29-49-50(43)42-24-11-14-28-48(42)63-49/h1-33H. The van der Waals surface area contributed by atoms with Crippen molar-refractivity contribution in [3.63, 3.8) is 0 Å². The lowest BCUT2D eigenvalue weighted by molar-refractivity contribution is 0.669. The van der Waals surface area contributed by atoms with Crippen LogP contribution in [0.2, 0.25) is 0 Å². The number of furan rings is 1. The van der Waals surface area contributed by atoms with Gasteiger partial charge < -0.3 is 4.42 Å². The molecule has 14 aromatic rings. The van der Waals surface area contributed by atoms with Crippen LogP contribution in [-0.2, 0) is 0 Å². The van der Waals surface area contributed by atoms with E-state index in [1.807, 2.05) is 24.3 Å². The Kier molecular flexibility index (Phi) is 7.02. The van der Waals surface area contributed by atoms with E-state index in [1.165, 1.54) is 21.5 Å². The molecule has 0 saturated carbocycles. The molecule has 6 nitrogen and oxygen atoms in total. The van der Waals surface area contributed by atoms with Gasteiger partial charge in [-0.2, -0.15) is 0 Å². The molecule has 0 spiro atoms. The average Bonchev–Trinajstić information content (AvgIpc) is 4.04. The van der Waals surface area contributed by atoms with E-state index < -0.39 is 0 Å². The molecule has 10 aromatic carbocycles. The first kappa shape index (κ1) is 34.1. The Balaban J connectivity index is 1.10. The first-order chi connectivity index (χ1) is 31.3. The highest BCUT2D eigenvalue weighted by molar-refractivity contribution is 6.38. The van der Waals surface area contributed by atoms with Gasteiger partial charge in [-0.1, -0.05) is 152 Å². The molecular weight excluding hydrogens is 771 g/mol. The second kappa shape index (κ2) is 12.9. The highest BCUT2D eigenvalue weighted by atomic mass is 16.3. The highest BCUT2D eigenvalue weighted by Gasteiger charge is 2.25. The second-order valence-corrected chi connectivity index (χ2v) is 16.3. The van der Waals surface area contributed by atoms with E-state index in [4.69, 9.17) is 19.4 Å². The number of benzene rings is 10. The van der Waals surface area contributed by atoms with Crippen molar-refractivity contribution in [3.8, 4) is 34.3 Å². The predicted octanol–water partition coefficient (Wildman–Crippen LogP) is 14.8. The van der Waals surface area contributed by atoms with Crippen molar-refractivity contribution >= 4 is 98.0 Å². The summed E-state index contributed by atoms with van der Waals surface area (Å²) >= 11 is 0. The van der Waals surface area contributed by atoms with E-state index in [0.29, 0.717) is 5.95 Å². The van der Waals surface area contributed by atoms with Crippen molar-refractivity contribution in [2.45, 2.75) is 0 Å². The van der Waals surface area contributed by atoms with Gasteiger partial charge in [-0.05, 0) is 70.1 Å². The van der Waals surface area contributed by atoms with Crippen molar-refractivity contribution < 1.29 is 4.42 Å². The minimum atomic E-state index is 0.643. The molecular formula is C57H33N5O. The number of imidazole rings is 1. The van der Waals surface area contributed by atoms with Crippen molar-refractivity contribution in [3.05, 3.63) is 200 Å². The third-order valence-electron chi connectivity index (χ3n) is 12.9. The number of fused-ring (bicyclic) bond motifs is 16. The first-order valence-corrected chi connectivity index (χ1v) is 21.3. The molecule has 0 unspecified atom stereocenters. The maximum Gasteiger partial charge on any atom is 0.235 e. The number of para-hydroxylation sites is 4. The minimum absolute atomic E-state index is 0.643. The van der Waals surface area contributed by atoms with Gasteiger partial charge in [-0.25, -0.2) is 15.0 Å². The molecule has 0 saturated heterocycles. The molecule has 0 aliphatic heterocycles. The van der Waals surface area contributed by atoms with Crippen LogP contribution >= 0.6 is 0 Å². The van der Waals surface area contributed by atoms with Crippen molar-refractivity contribution in [2.75, 3.05) is 0 Å². The van der Waals surface area contributed by atoms with Crippen LogP contribution in [0.1, 0.15) is 0 Å². The zero-order chi connectivity index (χ0) is 41.2. The van der Waals surface area contributed by atoms with Crippen LogP contribution in [0.25, 0.3) is 132 Å². The summed E-state index contributed by atoms with van der Waals surface area (Å²) in [5, 5.41) is 12.5. The van der Waals surface area contributed by atoms with E-state index in [0.717, 1.165) is 105 Å². The molecule has 0 aliphatic carbocycles. The van der Waals surface area contributed by atoms with E-state index in [1.54, 1.807) is 0 Å². The molecule has 0 N–H and O–H groups in total. The topological polar surface area (TPSA) is 61.7 Å². The summed E-state index contributed by atoms with van der Waals surface area (Å²) in [6, 6.07) is 70.5. The quantitative estimate of drug-likeness (QED) is 0.166. The lowest BCUT2D eigenvalue weighted by Gasteiger charge is -2.14. The summed E-state index contributed by atoms with van der Waals surface area (Å²) in [6.45, 7) is 0. The van der Waals surface area contributed by atoms with Gasteiger partial charge in [0.15, 0.2) is 0 Å². The molecule has 0 radical (unpaired) electrons. The smallest absolute Gasteiger partial charge is 0.235 e. The van der Waals surface area contributed by atoms with Gasteiger partial charge in [0.05, 0.1) is 33.3 Å². The Hall–Kier alpha value is -8.61. The van der Waals surface area contributed by atoms with Crippen LogP contribution in [0.15, 0.2) is 205 Å². The van der Waals surface area contributed by atoms with Gasteiger partial charge in [-0.3, -0.25) is 9.13 Å². The SMILES string of the molecule is c1ccc(-c2nc(-n3c4ccccc4c4c5c6ccccc6c6c(ccc7c6nc(-c6cccc8oc9ccccc9c68)n7-c6ccccc6)c5ccc43)nc3ccccc23)cc1. The first-order valence-electron chi connectivity index (χ1n) is 21.3. The van der Waals surface area contributed by atoms with Crippen LogP contribution in [0.3, 0.4) is 0 Å². The van der Waals surface area contributed by atoms with E-state index in [2.05, 4.69) is 185 Å². The van der Waals surface area contributed by atoms with Gasteiger partial charge in [0.1, 0.15) is 17.0 Å². The molecule has 0 fully saturated rings. The Bertz CT molecular complexity index is 4180. The summed E-state index contributed by atoms with van der Waals surface area (Å²) in [5.41, 5.74) is 10.8. The van der Waals surface area contributed by atoms with Gasteiger partial charge in [0.25, 0.3) is 0 Å². The number of nitrogens with zero attached hydrogens (tertiary/aromatic N) is 5. The van der Waals surface area contributed by atoms with E-state index in [-0.39, 0.29) is 0 Å². The molecule has 0 amide bonds. The Labute approximate surface area is 359 Å². The summed E-state index contributed by atoms with van der Waals surface area (Å²) in [6.07, 6.45) is 0. The second-order valence-electron chi connectivity index (χ2n) is 16.3. The molecule has 0 aliphatic rings. The Morgan fingerprint density at radius 1 is 0.349 bits per heavy atom. The number of aromatic nitrogens is 5. The van der Waals surface area contributed by atoms with Gasteiger partial charge in [0.2, 0.25) is 5.95 Å². The zero-order valence-corrected chi connectivity index (χ0v) is 33.7. The lowest BCUT2D eigenvalue weighted by Crippen LogP contribution is -2.03. The molecule has 0 atom stereocenters. The van der Waals surface area contributed by atoms with Crippen LogP contribution in [0.4, 0.5) is 0 Å². The largest absolute Gasteiger partial charge is 0.456 e. The predicted molar refractivity (Wildman–Crippen MR) is 259 cm³/mol. The molecule has 4 aromatic heterocycles. The fourth-order valence-electron chi connectivity index (χ4n) is 10.3. The molecule has 292 valence electrons. The van der Waals surface area contributed by atoms with Gasteiger partial charge >= 0.3 is 0 Å². The maximum absolute atomic E-state index is 6.40. The van der Waals surface area contributed by atoms with Crippen molar-refractivity contribution in [1.82, 2.24) is 24.1 Å². The molecule has 4 heterocycles. The van der Waals surface area contributed by atoms with Crippen LogP contribution in [0, 0.1) is 0 Å². The maximum atomic E-state index is 6.40. The summed E-state index contributed by atoms with van der Waals surface area (Å²) in [4.78, 5) is 16.3. The number of hydrogen-bond acceptors (Lipinski definition) is 4. The fourth-order valence-corrected chi connectivity index (χ4v) is 10.3. The van der Waals surface area contributed by atoms with Crippen LogP contribution in [0.5, 0.6) is 0 Å². The fraction of sp³-hybridized carbons (Fsp3) is 0. The van der Waals surface area contributed by atoms with Gasteiger partial charge in [0, 0.05) is 54.5 Å². The third-order valence-corrected chi connectivity index (χ3v) is 12.9. The van der Waals surface area contributed by atoms with Crippen LogP contribution in [-0.4, -0.2) is 24.1 Å². The van der Waals surface area contributed by atoms with Crippen molar-refractivity contribution in [1.29, 1.82) is 0 Å². The summed E-state index contributed by atoms with van der Waals surface area (Å²) < 4.78 is 11.0. The van der Waals surface area contributed by atoms with E-state index in [9.17, 15) is 0 Å². The zero-order valence-electron chi connectivity index (χ0n) is 33.7. The van der Waals surface area contributed by atoms with Crippen molar-refractivity contribution in [2.24, 2.45) is 0 Å². The number of hydrogen-bond donors (Lipinski definition) is 0. The third kappa shape index (κ3) is 4.80. The van der Waals surface area contributed by atoms with E-state index >= 15 is 0 Å². The summed E-state index contributed by atoms with van der Waals surface area (Å²) in [5.74, 6) is 1.51. The molecule has 6 heteroatoms. The summed E-state index contributed by atoms with van der Waals surface area (Å²) in [7, 11) is 0. The normalized spacial score (nSPS) is 12.1. The van der Waals surface area contributed by atoms with Crippen LogP contribution < -0.4 is 0 Å². The average molecular weight is 804 g/mol. The molecule has 0 bridgehead atoms. The molecule has 14 rings (SSSR count). The van der Waals surface area contributed by atoms with Gasteiger partial charge in [-0.15, -0.1) is 0 Å². The molecule has 63 heavy (non-hydrogen) atoms. The minimum Gasteiger partial charge on any atom is -0.456 e. The monoisotopic (exact) mass is 803 g/mol. The number of rotatable bonds is 4.